The van der Waals surface area contributed by atoms with Crippen LogP contribution in [0.15, 0.2) is 30.5 Å². The Morgan fingerprint density at radius 2 is 1.96 bits per heavy atom. The van der Waals surface area contributed by atoms with E-state index in [0.29, 0.717) is 5.92 Å². The number of hydrogen-bond acceptors (Lipinski definition) is 4. The molecule has 0 N–H and O–H groups in total. The van der Waals surface area contributed by atoms with Crippen LogP contribution in [0.5, 0.6) is 0 Å². The third-order valence-electron chi connectivity index (χ3n) is 4.55. The number of aromatic nitrogens is 4. The van der Waals surface area contributed by atoms with Gasteiger partial charge in [0.1, 0.15) is 17.5 Å². The minimum absolute atomic E-state index is 0.260. The van der Waals surface area contributed by atoms with Gasteiger partial charge in [-0.05, 0) is 49.9 Å². The molecule has 4 rings (SSSR count). The Balaban J connectivity index is 1.83. The van der Waals surface area contributed by atoms with Crippen LogP contribution in [0.4, 0.5) is 10.2 Å². The highest BCUT2D eigenvalue weighted by atomic mass is 19.1. The fourth-order valence-electron chi connectivity index (χ4n) is 3.39. The van der Waals surface area contributed by atoms with Gasteiger partial charge in [0.15, 0.2) is 5.65 Å². The second-order valence-corrected chi connectivity index (χ2v) is 6.56. The van der Waals surface area contributed by atoms with Crippen molar-refractivity contribution >= 4 is 16.9 Å². The second kappa shape index (κ2) is 5.85. The van der Waals surface area contributed by atoms with Gasteiger partial charge in [-0.15, -0.1) is 0 Å². The Hall–Kier alpha value is -2.50. The van der Waals surface area contributed by atoms with Crippen LogP contribution < -0.4 is 4.90 Å². The highest BCUT2D eigenvalue weighted by molar-refractivity contribution is 5.88. The van der Waals surface area contributed by atoms with Crippen LogP contribution in [0, 0.1) is 18.7 Å². The second-order valence-electron chi connectivity index (χ2n) is 6.56. The van der Waals surface area contributed by atoms with Crippen LogP contribution in [0.3, 0.4) is 0 Å². The predicted octanol–water partition coefficient (Wildman–Crippen LogP) is 3.50. The molecule has 1 aromatic carbocycles. The molecule has 5 nitrogen and oxygen atoms in total. The molecule has 1 fully saturated rings. The molecule has 1 saturated heterocycles. The van der Waals surface area contributed by atoms with Gasteiger partial charge in [-0.1, -0.05) is 6.92 Å². The molecule has 1 aliphatic rings. The fraction of sp³-hybridized carbons (Fsp3) is 0.389. The van der Waals surface area contributed by atoms with Gasteiger partial charge in [0.05, 0.1) is 17.3 Å². The number of fused-ring (bicyclic) bond motifs is 1. The van der Waals surface area contributed by atoms with Gasteiger partial charge in [0.25, 0.3) is 0 Å². The Bertz CT molecular complexity index is 871. The first kappa shape index (κ1) is 15.1. The van der Waals surface area contributed by atoms with E-state index in [-0.39, 0.29) is 5.82 Å². The molecule has 0 aliphatic carbocycles. The van der Waals surface area contributed by atoms with Crippen molar-refractivity contribution in [3.8, 4) is 5.69 Å². The maximum Gasteiger partial charge on any atom is 0.168 e. The lowest BCUT2D eigenvalue weighted by Gasteiger charge is -2.32. The molecule has 3 aromatic rings. The van der Waals surface area contributed by atoms with Crippen molar-refractivity contribution in [2.75, 3.05) is 18.0 Å². The van der Waals surface area contributed by atoms with Gasteiger partial charge < -0.3 is 4.90 Å². The van der Waals surface area contributed by atoms with Gasteiger partial charge in [-0.3, -0.25) is 0 Å². The van der Waals surface area contributed by atoms with Crippen LogP contribution in [-0.2, 0) is 0 Å². The minimum Gasteiger partial charge on any atom is -0.356 e. The molecule has 2 aromatic heterocycles. The van der Waals surface area contributed by atoms with Crippen LogP contribution in [0.25, 0.3) is 16.7 Å². The number of benzene rings is 1. The molecular weight excluding hydrogens is 305 g/mol. The number of anilines is 1. The number of hydrogen-bond donors (Lipinski definition) is 0. The molecule has 3 heterocycles. The van der Waals surface area contributed by atoms with E-state index in [9.17, 15) is 4.39 Å². The van der Waals surface area contributed by atoms with Crippen LogP contribution >= 0.6 is 0 Å². The van der Waals surface area contributed by atoms with Crippen molar-refractivity contribution in [3.63, 3.8) is 0 Å². The smallest absolute Gasteiger partial charge is 0.168 e. The molecule has 24 heavy (non-hydrogen) atoms. The summed E-state index contributed by atoms with van der Waals surface area (Å²) < 4.78 is 14.9. The summed E-state index contributed by atoms with van der Waals surface area (Å²) in [5, 5.41) is 5.42. The average Bonchev–Trinajstić information content (AvgIpc) is 2.98. The highest BCUT2D eigenvalue weighted by Gasteiger charge is 2.22. The van der Waals surface area contributed by atoms with E-state index in [1.807, 2.05) is 13.1 Å². The van der Waals surface area contributed by atoms with Gasteiger partial charge in [0, 0.05) is 13.1 Å². The first-order chi connectivity index (χ1) is 11.6. The molecule has 0 radical (unpaired) electrons. The zero-order valence-corrected chi connectivity index (χ0v) is 13.9. The largest absolute Gasteiger partial charge is 0.356 e. The van der Waals surface area contributed by atoms with Gasteiger partial charge in [-0.2, -0.15) is 5.10 Å². The monoisotopic (exact) mass is 325 g/mol. The first-order valence-corrected chi connectivity index (χ1v) is 8.35. The van der Waals surface area contributed by atoms with E-state index in [2.05, 4.69) is 26.9 Å². The maximum absolute atomic E-state index is 13.2. The lowest BCUT2D eigenvalue weighted by atomic mass is 10.0. The summed E-state index contributed by atoms with van der Waals surface area (Å²) in [5.41, 5.74) is 1.56. The summed E-state index contributed by atoms with van der Waals surface area (Å²) >= 11 is 0. The number of rotatable bonds is 2. The molecule has 124 valence electrons. The van der Waals surface area contributed by atoms with E-state index < -0.39 is 0 Å². The topological polar surface area (TPSA) is 46.8 Å². The van der Waals surface area contributed by atoms with E-state index in [1.54, 1.807) is 16.8 Å². The molecule has 0 amide bonds. The lowest BCUT2D eigenvalue weighted by molar-refractivity contribution is 0.445. The van der Waals surface area contributed by atoms with Gasteiger partial charge in [0.2, 0.25) is 0 Å². The third kappa shape index (κ3) is 2.62. The van der Waals surface area contributed by atoms with E-state index >= 15 is 0 Å². The van der Waals surface area contributed by atoms with Crippen LogP contribution in [0.1, 0.15) is 25.6 Å². The van der Waals surface area contributed by atoms with Crippen LogP contribution in [-0.4, -0.2) is 32.8 Å². The van der Waals surface area contributed by atoms with Crippen molar-refractivity contribution < 1.29 is 4.39 Å². The maximum atomic E-state index is 13.2. The summed E-state index contributed by atoms with van der Waals surface area (Å²) in [4.78, 5) is 11.6. The molecular formula is C18H20FN5. The van der Waals surface area contributed by atoms with E-state index in [1.165, 1.54) is 25.0 Å². The summed E-state index contributed by atoms with van der Waals surface area (Å²) in [6.07, 6.45) is 4.25. The number of aryl methyl sites for hydroxylation is 1. The highest BCUT2D eigenvalue weighted by Crippen LogP contribution is 2.29. The van der Waals surface area contributed by atoms with Gasteiger partial charge in [-0.25, -0.2) is 19.0 Å². The standard InChI is InChI=1S/C18H20FN5/c1-12-4-3-9-23(11-12)17-16-10-20-24(18(16)22-13(2)21-17)15-7-5-14(19)6-8-15/h5-8,10,12H,3-4,9,11H2,1-2H3. The van der Waals surface area contributed by atoms with Gasteiger partial charge >= 0.3 is 0 Å². The predicted molar refractivity (Wildman–Crippen MR) is 92.0 cm³/mol. The molecule has 1 aliphatic heterocycles. The normalized spacial score (nSPS) is 18.3. The fourth-order valence-corrected chi connectivity index (χ4v) is 3.39. The van der Waals surface area contributed by atoms with E-state index in [4.69, 9.17) is 0 Å². The Morgan fingerprint density at radius 1 is 1.17 bits per heavy atom. The Labute approximate surface area is 140 Å². The first-order valence-electron chi connectivity index (χ1n) is 8.35. The molecule has 6 heteroatoms. The van der Waals surface area contributed by atoms with Crippen molar-refractivity contribution in [1.82, 2.24) is 19.7 Å². The SMILES string of the molecule is Cc1nc(N2CCCC(C)C2)c2cnn(-c3ccc(F)cc3)c2n1. The van der Waals surface area contributed by atoms with Crippen LogP contribution in [0.2, 0.25) is 0 Å². The van der Waals surface area contributed by atoms with Crippen molar-refractivity contribution in [2.45, 2.75) is 26.7 Å². The van der Waals surface area contributed by atoms with E-state index in [0.717, 1.165) is 41.5 Å². The van der Waals surface area contributed by atoms with Crippen molar-refractivity contribution in [2.24, 2.45) is 5.92 Å². The third-order valence-corrected chi connectivity index (χ3v) is 4.55. The molecule has 0 spiro atoms. The molecule has 1 atom stereocenters. The quantitative estimate of drug-likeness (QED) is 0.723. The summed E-state index contributed by atoms with van der Waals surface area (Å²) in [6.45, 7) is 6.20. The number of halogens is 1. The summed E-state index contributed by atoms with van der Waals surface area (Å²) in [7, 11) is 0. The minimum atomic E-state index is -0.260. The van der Waals surface area contributed by atoms with Crippen molar-refractivity contribution in [3.05, 3.63) is 42.1 Å². The summed E-state index contributed by atoms with van der Waals surface area (Å²) in [6, 6.07) is 6.29. The molecule has 0 saturated carbocycles. The zero-order chi connectivity index (χ0) is 16.7. The number of piperidine rings is 1. The lowest BCUT2D eigenvalue weighted by Crippen LogP contribution is -2.35. The summed E-state index contributed by atoms with van der Waals surface area (Å²) in [5.74, 6) is 2.08. The average molecular weight is 325 g/mol. The Morgan fingerprint density at radius 3 is 2.71 bits per heavy atom. The number of nitrogens with zero attached hydrogens (tertiary/aromatic N) is 5. The Kier molecular flexibility index (Phi) is 3.67. The molecule has 0 bridgehead atoms. The van der Waals surface area contributed by atoms with Crippen molar-refractivity contribution in [1.29, 1.82) is 0 Å². The molecule has 1 unspecified atom stereocenters. The zero-order valence-electron chi connectivity index (χ0n) is 13.9.